The van der Waals surface area contributed by atoms with Crippen LogP contribution in [0.15, 0.2) is 25.3 Å². The van der Waals surface area contributed by atoms with E-state index in [-0.39, 0.29) is 16.7 Å². The van der Waals surface area contributed by atoms with Crippen LogP contribution in [-0.2, 0) is 0 Å². The maximum absolute atomic E-state index is 12.5. The van der Waals surface area contributed by atoms with E-state index in [2.05, 4.69) is 18.5 Å². The van der Waals surface area contributed by atoms with E-state index < -0.39 is 0 Å². The first kappa shape index (κ1) is 12.6. The van der Waals surface area contributed by atoms with Gasteiger partial charge in [0.2, 0.25) is 0 Å². The van der Waals surface area contributed by atoms with Crippen molar-refractivity contribution in [3.05, 3.63) is 25.3 Å². The van der Waals surface area contributed by atoms with Crippen LogP contribution in [0.5, 0.6) is 0 Å². The number of quaternary nitrogens is 1. The van der Waals surface area contributed by atoms with Crippen molar-refractivity contribution in [2.45, 2.75) is 0 Å². The molecule has 1 atom stereocenters. The van der Waals surface area contributed by atoms with Crippen LogP contribution >= 0.6 is 0 Å². The minimum Gasteiger partial charge on any atom is -0.332 e. The summed E-state index contributed by atoms with van der Waals surface area (Å²) in [5.74, 6) is 0. The summed E-state index contributed by atoms with van der Waals surface area (Å²) in [6, 6.07) is -0.225. The van der Waals surface area contributed by atoms with Gasteiger partial charge in [0, 0.05) is 13.1 Å². The van der Waals surface area contributed by atoms with Crippen molar-refractivity contribution in [3.63, 3.8) is 0 Å². The molecule has 0 aromatic carbocycles. The molecule has 0 aromatic rings. The van der Waals surface area contributed by atoms with Gasteiger partial charge < -0.3 is 5.32 Å². The molecule has 6 nitrogen and oxygen atoms in total. The Morgan fingerprint density at radius 3 is 2.61 bits per heavy atom. The molecule has 0 radical (unpaired) electrons. The molecule has 2 saturated heterocycles. The van der Waals surface area contributed by atoms with Crippen LogP contribution in [0.4, 0.5) is 9.59 Å². The van der Waals surface area contributed by atoms with E-state index in [4.69, 9.17) is 0 Å². The lowest BCUT2D eigenvalue weighted by Crippen LogP contribution is -2.63. The molecule has 2 aliphatic heterocycles. The van der Waals surface area contributed by atoms with E-state index >= 15 is 0 Å². The van der Waals surface area contributed by atoms with E-state index in [1.807, 2.05) is 0 Å². The lowest BCUT2D eigenvalue weighted by Gasteiger charge is -2.35. The summed E-state index contributed by atoms with van der Waals surface area (Å²) in [6.07, 6.45) is 3.40. The van der Waals surface area contributed by atoms with Crippen molar-refractivity contribution in [3.8, 4) is 0 Å². The highest BCUT2D eigenvalue weighted by Gasteiger charge is 2.53. The average molecular weight is 251 g/mol. The van der Waals surface area contributed by atoms with Crippen molar-refractivity contribution >= 4 is 12.1 Å². The number of hydrogen-bond donors (Lipinski definition) is 1. The third-order valence-electron chi connectivity index (χ3n) is 3.44. The molecule has 18 heavy (non-hydrogen) atoms. The Bertz CT molecular complexity index is 396. The molecule has 2 aliphatic rings. The molecular weight excluding hydrogens is 232 g/mol. The van der Waals surface area contributed by atoms with Crippen molar-refractivity contribution in [1.29, 1.82) is 0 Å². The van der Waals surface area contributed by atoms with Crippen LogP contribution < -0.4 is 5.32 Å². The number of hydrogen-bond acceptors (Lipinski definition) is 2. The average Bonchev–Trinajstić information content (AvgIpc) is 2.89. The predicted molar refractivity (Wildman–Crippen MR) is 67.5 cm³/mol. The van der Waals surface area contributed by atoms with Crippen LogP contribution in [0.1, 0.15) is 0 Å². The van der Waals surface area contributed by atoms with E-state index in [9.17, 15) is 9.59 Å². The van der Waals surface area contributed by atoms with Crippen LogP contribution in [-0.4, -0.2) is 65.8 Å². The Kier molecular flexibility index (Phi) is 3.38. The lowest BCUT2D eigenvalue weighted by atomic mass is 10.4. The van der Waals surface area contributed by atoms with Gasteiger partial charge in [-0.25, -0.2) is 9.59 Å². The maximum atomic E-state index is 12.5. The second kappa shape index (κ2) is 4.81. The topological polar surface area (TPSA) is 52.6 Å². The van der Waals surface area contributed by atoms with E-state index in [0.29, 0.717) is 39.3 Å². The number of nitrogens with zero attached hydrogens (tertiary/aromatic N) is 3. The Hall–Kier alpha value is -1.82. The smallest absolute Gasteiger partial charge is 0.332 e. The third-order valence-corrected chi connectivity index (χ3v) is 3.44. The highest BCUT2D eigenvalue weighted by molar-refractivity contribution is 5.78. The molecule has 0 saturated carbocycles. The lowest BCUT2D eigenvalue weighted by molar-refractivity contribution is -0.939. The Morgan fingerprint density at radius 1 is 1.28 bits per heavy atom. The molecule has 0 spiro atoms. The minimum atomic E-state index is -0.175. The van der Waals surface area contributed by atoms with Crippen molar-refractivity contribution in [2.75, 3.05) is 39.3 Å². The van der Waals surface area contributed by atoms with E-state index in [1.54, 1.807) is 22.1 Å². The van der Waals surface area contributed by atoms with Crippen molar-refractivity contribution in [2.24, 2.45) is 0 Å². The summed E-state index contributed by atoms with van der Waals surface area (Å²) in [6.45, 7) is 10.7. The first-order valence-electron chi connectivity index (χ1n) is 6.10. The van der Waals surface area contributed by atoms with Gasteiger partial charge in [-0.1, -0.05) is 12.7 Å². The zero-order valence-electron chi connectivity index (χ0n) is 10.5. The van der Waals surface area contributed by atoms with Gasteiger partial charge >= 0.3 is 12.1 Å². The Balaban J connectivity index is 2.27. The summed E-state index contributed by atoms with van der Waals surface area (Å²) in [5.41, 5.74) is 0. The molecule has 1 N–H and O–H groups in total. The number of rotatable bonds is 5. The maximum Gasteiger partial charge on any atom is 0.444 e. The molecule has 2 rings (SSSR count). The first-order valence-corrected chi connectivity index (χ1v) is 6.10. The summed E-state index contributed by atoms with van der Waals surface area (Å²) in [7, 11) is 0. The fraction of sp³-hybridized carbons (Fsp3) is 0.500. The summed E-state index contributed by atoms with van der Waals surface area (Å²) >= 11 is 0. The molecule has 6 heteroatoms. The van der Waals surface area contributed by atoms with Gasteiger partial charge in [-0.2, -0.15) is 5.01 Å². The minimum absolute atomic E-state index is 0.0309. The summed E-state index contributed by atoms with van der Waals surface area (Å²) in [5, 5.41) is 4.35. The van der Waals surface area contributed by atoms with Gasteiger partial charge in [0.05, 0.1) is 13.1 Å². The molecule has 0 aliphatic carbocycles. The molecule has 2 fully saturated rings. The second-order valence-corrected chi connectivity index (χ2v) is 4.49. The standard InChI is InChI=1S/C12H18N4O2/c1-3-6-14-8-10-16(9-4-2,12(14)18)15-7-5-13-11(15)17/h3-4H,1-2,5-10H2/p+1. The number of amides is 4. The number of carbonyl (C=O) groups is 2. The quantitative estimate of drug-likeness (QED) is 0.573. The Labute approximate surface area is 107 Å². The molecule has 98 valence electrons. The fourth-order valence-electron chi connectivity index (χ4n) is 2.60. The van der Waals surface area contributed by atoms with Gasteiger partial charge in [0.15, 0.2) is 0 Å². The van der Waals surface area contributed by atoms with Crippen molar-refractivity contribution < 1.29 is 14.2 Å². The largest absolute Gasteiger partial charge is 0.444 e. The molecule has 0 bridgehead atoms. The van der Waals surface area contributed by atoms with Gasteiger partial charge in [-0.3, -0.25) is 4.90 Å². The zero-order chi connectivity index (χ0) is 13.2. The van der Waals surface area contributed by atoms with Crippen LogP contribution in [0.3, 0.4) is 0 Å². The fourth-order valence-corrected chi connectivity index (χ4v) is 2.60. The molecule has 1 unspecified atom stereocenters. The van der Waals surface area contributed by atoms with E-state index in [1.165, 1.54) is 0 Å². The highest BCUT2D eigenvalue weighted by Crippen LogP contribution is 2.24. The number of carbonyl (C=O) groups excluding carboxylic acids is 2. The van der Waals surface area contributed by atoms with Crippen LogP contribution in [0, 0.1) is 0 Å². The number of nitrogens with one attached hydrogen (secondary N) is 1. The monoisotopic (exact) mass is 251 g/mol. The third kappa shape index (κ3) is 1.78. The van der Waals surface area contributed by atoms with Crippen LogP contribution in [0.25, 0.3) is 0 Å². The first-order chi connectivity index (χ1) is 8.65. The van der Waals surface area contributed by atoms with Crippen LogP contribution in [0.2, 0.25) is 0 Å². The molecule has 2 heterocycles. The summed E-state index contributed by atoms with van der Waals surface area (Å²) < 4.78 is 0.0309. The molecule has 0 aromatic heterocycles. The highest BCUT2D eigenvalue weighted by atomic mass is 16.2. The second-order valence-electron chi connectivity index (χ2n) is 4.49. The van der Waals surface area contributed by atoms with Gasteiger partial charge in [-0.15, -0.1) is 11.2 Å². The normalized spacial score (nSPS) is 27.6. The summed E-state index contributed by atoms with van der Waals surface area (Å²) in [4.78, 5) is 26.1. The molecule has 4 amide bonds. The van der Waals surface area contributed by atoms with Gasteiger partial charge in [0.1, 0.15) is 13.1 Å². The molecular formula is C12H19N4O2+. The Morgan fingerprint density at radius 2 is 2.06 bits per heavy atom. The van der Waals surface area contributed by atoms with Gasteiger partial charge in [-0.05, 0) is 6.08 Å². The number of urea groups is 2. The van der Waals surface area contributed by atoms with E-state index in [0.717, 1.165) is 0 Å². The van der Waals surface area contributed by atoms with Crippen molar-refractivity contribution in [1.82, 2.24) is 15.2 Å². The zero-order valence-corrected chi connectivity index (χ0v) is 10.5. The SMILES string of the molecule is C=CCN1CC[N+](CC=C)(N2CCNC2=O)C1=O. The predicted octanol–water partition coefficient (Wildman–Crippen LogP) is 0.551. The van der Waals surface area contributed by atoms with Gasteiger partial charge in [0.25, 0.3) is 0 Å².